The third-order valence-electron chi connectivity index (χ3n) is 3.93. The maximum Gasteiger partial charge on any atom is 0.0788 e. The van der Waals surface area contributed by atoms with Gasteiger partial charge in [-0.2, -0.15) is 0 Å². The third kappa shape index (κ3) is 3.31. The van der Waals surface area contributed by atoms with Crippen LogP contribution in [-0.4, -0.2) is 17.4 Å². The summed E-state index contributed by atoms with van der Waals surface area (Å²) in [6.07, 6.45) is 0.799. The molecule has 5 N–H and O–H groups in total. The first kappa shape index (κ1) is 14.2. The quantitative estimate of drug-likeness (QED) is 0.493. The van der Waals surface area contributed by atoms with Gasteiger partial charge < -0.3 is 10.8 Å². The first-order valence-electron chi connectivity index (χ1n) is 7.30. The van der Waals surface area contributed by atoms with E-state index in [1.165, 1.54) is 11.1 Å². The summed E-state index contributed by atoms with van der Waals surface area (Å²) in [6.45, 7) is 0. The fraction of sp³-hybridized carbons (Fsp3) is 0.294. The van der Waals surface area contributed by atoms with Crippen LogP contribution < -0.4 is 16.6 Å². The van der Waals surface area contributed by atoms with Crippen LogP contribution in [0.4, 0.5) is 0 Å². The lowest BCUT2D eigenvalue weighted by Crippen LogP contribution is -2.50. The number of aliphatic hydroxyl groups excluding tert-OH is 1. The van der Waals surface area contributed by atoms with Crippen molar-refractivity contribution in [2.75, 3.05) is 0 Å². The van der Waals surface area contributed by atoms with Gasteiger partial charge in [0.2, 0.25) is 0 Å². The lowest BCUT2D eigenvalue weighted by atomic mass is 10.1. The number of rotatable bonds is 5. The minimum atomic E-state index is -0.418. The summed E-state index contributed by atoms with van der Waals surface area (Å²) in [4.78, 5) is 0. The van der Waals surface area contributed by atoms with Gasteiger partial charge in [-0.15, -0.1) is 0 Å². The Bertz CT molecular complexity index is 588. The molecule has 3 atom stereocenters. The normalized spacial score (nSPS) is 22.0. The molecule has 0 unspecified atom stereocenters. The molecule has 0 radical (unpaired) electrons. The van der Waals surface area contributed by atoms with Gasteiger partial charge in [0.1, 0.15) is 0 Å². The van der Waals surface area contributed by atoms with Crippen molar-refractivity contribution in [2.45, 2.75) is 31.2 Å². The Morgan fingerprint density at radius 2 is 1.81 bits per heavy atom. The molecule has 4 nitrogen and oxygen atoms in total. The van der Waals surface area contributed by atoms with E-state index in [1.54, 1.807) is 0 Å². The zero-order valence-electron chi connectivity index (χ0n) is 11.9. The second-order valence-electron chi connectivity index (χ2n) is 5.53. The molecule has 4 heteroatoms. The van der Waals surface area contributed by atoms with Crippen LogP contribution in [0.1, 0.15) is 22.7 Å². The van der Waals surface area contributed by atoms with Gasteiger partial charge in [0.15, 0.2) is 0 Å². The molecule has 0 bridgehead atoms. The van der Waals surface area contributed by atoms with Crippen molar-refractivity contribution < 1.29 is 5.11 Å². The van der Waals surface area contributed by atoms with Gasteiger partial charge in [-0.25, -0.2) is 10.9 Å². The summed E-state index contributed by atoms with van der Waals surface area (Å²) in [5.41, 5.74) is 15.9. The molecule has 3 rings (SSSR count). The van der Waals surface area contributed by atoms with Gasteiger partial charge >= 0.3 is 0 Å². The number of hydrazine groups is 1. The van der Waals surface area contributed by atoms with Crippen LogP contribution >= 0.6 is 0 Å². The molecule has 110 valence electrons. The van der Waals surface area contributed by atoms with E-state index in [0.29, 0.717) is 6.42 Å². The summed E-state index contributed by atoms with van der Waals surface area (Å²) in [6, 6.07) is 18.1. The highest BCUT2D eigenvalue weighted by Crippen LogP contribution is 2.30. The Labute approximate surface area is 125 Å². The van der Waals surface area contributed by atoms with E-state index < -0.39 is 6.10 Å². The molecule has 0 aromatic heterocycles. The number of nitrogens with two attached hydrogens (primary N) is 1. The molecule has 0 fully saturated rings. The summed E-state index contributed by atoms with van der Waals surface area (Å²) >= 11 is 0. The fourth-order valence-corrected chi connectivity index (χ4v) is 2.86. The van der Waals surface area contributed by atoms with Crippen molar-refractivity contribution in [3.8, 4) is 0 Å². The minimum absolute atomic E-state index is 0.108. The Morgan fingerprint density at radius 3 is 2.62 bits per heavy atom. The number of nitrogens with one attached hydrogen (secondary N) is 2. The maximum absolute atomic E-state index is 10.2. The predicted octanol–water partition coefficient (Wildman–Crippen LogP) is 1.27. The summed E-state index contributed by atoms with van der Waals surface area (Å²) in [5, 5.41) is 10.2. The highest BCUT2D eigenvalue weighted by atomic mass is 16.3. The van der Waals surface area contributed by atoms with E-state index in [2.05, 4.69) is 29.1 Å². The smallest absolute Gasteiger partial charge is 0.0788 e. The molecule has 2 aromatic rings. The summed E-state index contributed by atoms with van der Waals surface area (Å²) in [5.74, 6) is 0. The number of fused-ring (bicyclic) bond motifs is 1. The van der Waals surface area contributed by atoms with Crippen molar-refractivity contribution in [1.82, 2.24) is 10.9 Å². The molecule has 21 heavy (non-hydrogen) atoms. The topological polar surface area (TPSA) is 70.3 Å². The Hall–Kier alpha value is -1.72. The van der Waals surface area contributed by atoms with E-state index in [9.17, 15) is 5.11 Å². The molecule has 1 aliphatic rings. The first-order chi connectivity index (χ1) is 10.2. The van der Waals surface area contributed by atoms with Crippen LogP contribution in [0.3, 0.4) is 0 Å². The van der Waals surface area contributed by atoms with Gasteiger partial charge in [-0.1, -0.05) is 54.6 Å². The van der Waals surface area contributed by atoms with Gasteiger partial charge in [-0.05, 0) is 16.7 Å². The van der Waals surface area contributed by atoms with Crippen molar-refractivity contribution in [3.05, 3.63) is 71.3 Å². The minimum Gasteiger partial charge on any atom is -0.391 e. The van der Waals surface area contributed by atoms with Gasteiger partial charge in [-0.3, -0.25) is 0 Å². The molecule has 0 spiro atoms. The lowest BCUT2D eigenvalue weighted by molar-refractivity contribution is 0.130. The zero-order chi connectivity index (χ0) is 14.7. The van der Waals surface area contributed by atoms with Crippen molar-refractivity contribution in [2.24, 2.45) is 5.73 Å². The number of hydrogen-bond acceptors (Lipinski definition) is 4. The van der Waals surface area contributed by atoms with Crippen LogP contribution in [0, 0.1) is 0 Å². The van der Waals surface area contributed by atoms with E-state index in [1.807, 2.05) is 36.4 Å². The van der Waals surface area contributed by atoms with E-state index >= 15 is 0 Å². The Kier molecular flexibility index (Phi) is 4.31. The molecule has 0 aliphatic heterocycles. The standard InChI is InChI=1S/C17H21N3O/c18-16(10-12-6-2-1-3-7-12)19-20-17-14-9-5-4-8-13(14)11-15(17)21/h1-9,15-17,19-21H,10-11,18H2/t15-,16+,17+/m1/s1. The molecular weight excluding hydrogens is 262 g/mol. The van der Waals surface area contributed by atoms with Crippen LogP contribution in [0.5, 0.6) is 0 Å². The molecule has 0 amide bonds. The Morgan fingerprint density at radius 1 is 1.10 bits per heavy atom. The van der Waals surface area contributed by atoms with E-state index in [0.717, 1.165) is 12.0 Å². The van der Waals surface area contributed by atoms with Crippen LogP contribution in [0.25, 0.3) is 0 Å². The Balaban J connectivity index is 1.58. The largest absolute Gasteiger partial charge is 0.391 e. The molecule has 0 saturated carbocycles. The maximum atomic E-state index is 10.2. The predicted molar refractivity (Wildman–Crippen MR) is 83.3 cm³/mol. The van der Waals surface area contributed by atoms with E-state index in [-0.39, 0.29) is 12.2 Å². The fourth-order valence-electron chi connectivity index (χ4n) is 2.86. The number of hydrogen-bond donors (Lipinski definition) is 4. The molecule has 0 heterocycles. The lowest BCUT2D eigenvalue weighted by Gasteiger charge is -2.22. The highest BCUT2D eigenvalue weighted by molar-refractivity contribution is 5.36. The molecule has 0 saturated heterocycles. The van der Waals surface area contributed by atoms with Crippen molar-refractivity contribution >= 4 is 0 Å². The van der Waals surface area contributed by atoms with E-state index in [4.69, 9.17) is 5.73 Å². The summed E-state index contributed by atoms with van der Waals surface area (Å²) in [7, 11) is 0. The number of benzene rings is 2. The number of aliphatic hydroxyl groups is 1. The van der Waals surface area contributed by atoms with Gasteiger partial charge in [0.05, 0.1) is 18.3 Å². The zero-order valence-corrected chi connectivity index (χ0v) is 11.9. The molecule has 1 aliphatic carbocycles. The van der Waals surface area contributed by atoms with Crippen LogP contribution in [0.15, 0.2) is 54.6 Å². The average Bonchev–Trinajstić information content (AvgIpc) is 2.81. The van der Waals surface area contributed by atoms with Crippen LogP contribution in [0.2, 0.25) is 0 Å². The summed E-state index contributed by atoms with van der Waals surface area (Å²) < 4.78 is 0. The van der Waals surface area contributed by atoms with Crippen molar-refractivity contribution in [3.63, 3.8) is 0 Å². The monoisotopic (exact) mass is 283 g/mol. The second kappa shape index (κ2) is 6.37. The van der Waals surface area contributed by atoms with Crippen LogP contribution in [-0.2, 0) is 12.8 Å². The molecular formula is C17H21N3O. The van der Waals surface area contributed by atoms with Gasteiger partial charge in [0, 0.05) is 12.8 Å². The highest BCUT2D eigenvalue weighted by Gasteiger charge is 2.30. The van der Waals surface area contributed by atoms with Crippen molar-refractivity contribution in [1.29, 1.82) is 0 Å². The average molecular weight is 283 g/mol. The SMILES string of the molecule is N[C@H](Cc1ccccc1)NN[C@H]1c2ccccc2C[C@H]1O. The first-order valence-corrected chi connectivity index (χ1v) is 7.30. The molecule has 2 aromatic carbocycles. The van der Waals surface area contributed by atoms with Gasteiger partial charge in [0.25, 0.3) is 0 Å². The third-order valence-corrected chi connectivity index (χ3v) is 3.93. The second-order valence-corrected chi connectivity index (χ2v) is 5.53.